The molecule has 2 rings (SSSR count). The number of nitrogens with zero attached hydrogens (tertiary/aromatic N) is 4. The average Bonchev–Trinajstić information content (AvgIpc) is 3.09. The fourth-order valence-electron chi connectivity index (χ4n) is 2.53. The molecule has 0 N–H and O–H groups in total. The van der Waals surface area contributed by atoms with Gasteiger partial charge in [0, 0.05) is 24.7 Å². The maximum atomic E-state index is 14.3. The molecule has 0 atom stereocenters. The van der Waals surface area contributed by atoms with Crippen molar-refractivity contribution in [2.24, 2.45) is 14.1 Å². The van der Waals surface area contributed by atoms with E-state index in [4.69, 9.17) is 0 Å². The fraction of sp³-hybridized carbons (Fsp3) is 0.562. The molecule has 0 aliphatic carbocycles. The minimum absolute atomic E-state index is 0.170. The Morgan fingerprint density at radius 2 is 1.06 bits per heavy atom. The number of aromatic nitrogens is 4. The van der Waals surface area contributed by atoms with E-state index < -0.39 is 53.4 Å². The van der Waals surface area contributed by atoms with Crippen LogP contribution in [0.2, 0.25) is 0 Å². The van der Waals surface area contributed by atoms with Gasteiger partial charge in [-0.05, 0) is 0 Å². The number of rotatable bonds is 7. The molecule has 2 aromatic rings. The van der Waals surface area contributed by atoms with Crippen molar-refractivity contribution < 1.29 is 70.4 Å². The van der Waals surface area contributed by atoms with Crippen molar-refractivity contribution in [1.82, 2.24) is 14.8 Å². The van der Waals surface area contributed by atoms with Gasteiger partial charge in [-0.1, -0.05) is 0 Å². The van der Waals surface area contributed by atoms with Crippen LogP contribution in [0.3, 0.4) is 0 Å². The second kappa shape index (κ2) is 7.87. The summed E-state index contributed by atoms with van der Waals surface area (Å²) < 4.78 is 202. The standard InChI is InChI=1S/C16H10F15N4/c1-34-5-3-7(4-6-34)8-32-9(33-35(8)2)10(17,18)11(19,20)12(21,22)13(23,24)14(25,26)15(27,28)16(29,30)31/h3-6H,1-2H3/q+1. The lowest BCUT2D eigenvalue weighted by molar-refractivity contribution is -0.671. The monoisotopic (exact) mass is 543 g/mol. The minimum atomic E-state index is -8.36. The number of aryl methyl sites for hydroxylation is 2. The summed E-state index contributed by atoms with van der Waals surface area (Å²) in [6.07, 6.45) is -5.14. The Bertz CT molecular complexity index is 1070. The molecule has 198 valence electrons. The first-order valence-corrected chi connectivity index (χ1v) is 8.58. The molecule has 0 amide bonds. The van der Waals surface area contributed by atoms with E-state index in [1.54, 1.807) is 0 Å². The summed E-state index contributed by atoms with van der Waals surface area (Å²) in [5.74, 6) is -50.7. The second-order valence-corrected chi connectivity index (χ2v) is 7.08. The highest BCUT2D eigenvalue weighted by Gasteiger charge is 2.93. The second-order valence-electron chi connectivity index (χ2n) is 7.08. The third-order valence-corrected chi connectivity index (χ3v) is 4.61. The quantitative estimate of drug-likeness (QED) is 0.359. The van der Waals surface area contributed by atoms with Gasteiger partial charge in [-0.3, -0.25) is 0 Å². The maximum Gasteiger partial charge on any atom is 0.460 e. The molecule has 2 aromatic heterocycles. The molecule has 0 bridgehead atoms. The number of halogens is 15. The van der Waals surface area contributed by atoms with Gasteiger partial charge in [0.15, 0.2) is 18.2 Å². The first-order chi connectivity index (χ1) is 15.4. The topological polar surface area (TPSA) is 34.6 Å². The molecule has 35 heavy (non-hydrogen) atoms. The van der Waals surface area contributed by atoms with E-state index in [9.17, 15) is 65.9 Å². The van der Waals surface area contributed by atoms with Crippen LogP contribution < -0.4 is 4.57 Å². The third-order valence-electron chi connectivity index (χ3n) is 4.61. The van der Waals surface area contributed by atoms with Crippen LogP contribution in [0.1, 0.15) is 5.82 Å². The van der Waals surface area contributed by atoms with Crippen molar-refractivity contribution in [1.29, 1.82) is 0 Å². The summed E-state index contributed by atoms with van der Waals surface area (Å²) in [5.41, 5.74) is -0.170. The summed E-state index contributed by atoms with van der Waals surface area (Å²) in [6.45, 7) is 0. The minimum Gasteiger partial charge on any atom is -0.248 e. The molecular weight excluding hydrogens is 533 g/mol. The van der Waals surface area contributed by atoms with Crippen LogP contribution >= 0.6 is 0 Å². The van der Waals surface area contributed by atoms with Crippen molar-refractivity contribution in [3.8, 4) is 11.4 Å². The first-order valence-electron chi connectivity index (χ1n) is 8.58. The predicted octanol–water partition coefficient (Wildman–Crippen LogP) is 5.14. The van der Waals surface area contributed by atoms with Gasteiger partial charge in [-0.15, -0.1) is 5.10 Å². The van der Waals surface area contributed by atoms with E-state index in [1.165, 1.54) is 24.0 Å². The van der Waals surface area contributed by atoms with Gasteiger partial charge in [0.25, 0.3) is 0 Å². The Labute approximate surface area is 184 Å². The van der Waals surface area contributed by atoms with Gasteiger partial charge in [0.2, 0.25) is 5.82 Å². The van der Waals surface area contributed by atoms with Gasteiger partial charge < -0.3 is 0 Å². The van der Waals surface area contributed by atoms with Crippen LogP contribution in [0.4, 0.5) is 65.9 Å². The molecule has 0 aliphatic heterocycles. The van der Waals surface area contributed by atoms with Gasteiger partial charge in [0.05, 0.1) is 0 Å². The highest BCUT2D eigenvalue weighted by molar-refractivity contribution is 5.53. The Morgan fingerprint density at radius 3 is 1.49 bits per heavy atom. The molecule has 0 unspecified atom stereocenters. The molecule has 0 spiro atoms. The van der Waals surface area contributed by atoms with Gasteiger partial charge in [-0.25, -0.2) is 14.2 Å². The number of pyridine rings is 1. The Balaban J connectivity index is 2.62. The molecule has 4 nitrogen and oxygen atoms in total. The zero-order valence-corrected chi connectivity index (χ0v) is 16.8. The number of hydrogen-bond acceptors (Lipinski definition) is 2. The van der Waals surface area contributed by atoms with E-state index in [2.05, 4.69) is 10.1 Å². The molecule has 0 aliphatic rings. The SMILES string of the molecule is Cn1nc(C(F)(F)C(F)(F)C(F)(F)C(F)(F)C(F)(F)C(F)(F)C(F)(F)F)nc1-c1cc[n+](C)cc1. The summed E-state index contributed by atoms with van der Waals surface area (Å²) in [4.78, 5) is 2.81. The summed E-state index contributed by atoms with van der Waals surface area (Å²) in [6, 6.07) is 2.24. The highest BCUT2D eigenvalue weighted by atomic mass is 19.4. The van der Waals surface area contributed by atoms with Crippen molar-refractivity contribution in [2.45, 2.75) is 41.7 Å². The van der Waals surface area contributed by atoms with Crippen LogP contribution in [0.25, 0.3) is 11.4 Å². The summed E-state index contributed by atoms with van der Waals surface area (Å²) in [7, 11) is 2.22. The first kappa shape index (κ1) is 28.5. The number of alkyl halides is 15. The lowest BCUT2D eigenvalue weighted by Crippen LogP contribution is -2.72. The lowest BCUT2D eigenvalue weighted by atomic mass is 9.91. The molecule has 0 saturated heterocycles. The maximum absolute atomic E-state index is 14.3. The van der Waals surface area contributed by atoms with E-state index in [0.717, 1.165) is 19.2 Å². The van der Waals surface area contributed by atoms with E-state index in [0.29, 0.717) is 0 Å². The van der Waals surface area contributed by atoms with Crippen LogP contribution in [0.5, 0.6) is 0 Å². The van der Waals surface area contributed by atoms with Crippen molar-refractivity contribution in [2.75, 3.05) is 0 Å². The third kappa shape index (κ3) is 3.85. The highest BCUT2D eigenvalue weighted by Crippen LogP contribution is 2.63. The van der Waals surface area contributed by atoms with Crippen molar-refractivity contribution in [3.05, 3.63) is 30.4 Å². The van der Waals surface area contributed by atoms with Crippen LogP contribution in [0, 0.1) is 0 Å². The molecule has 0 fully saturated rings. The Morgan fingerprint density at radius 1 is 0.657 bits per heavy atom. The van der Waals surface area contributed by atoms with Gasteiger partial charge in [0.1, 0.15) is 7.05 Å². The Kier molecular flexibility index (Phi) is 6.41. The fourth-order valence-corrected chi connectivity index (χ4v) is 2.53. The van der Waals surface area contributed by atoms with Crippen LogP contribution in [-0.2, 0) is 20.0 Å². The average molecular weight is 543 g/mol. The molecule has 19 heteroatoms. The molecule has 0 radical (unpaired) electrons. The Hall–Kier alpha value is -2.76. The summed E-state index contributed by atoms with van der Waals surface area (Å²) in [5, 5.41) is 2.67. The molecule has 0 saturated carbocycles. The zero-order valence-electron chi connectivity index (χ0n) is 16.8. The number of hydrogen-bond donors (Lipinski definition) is 0. The van der Waals surface area contributed by atoms with E-state index in [-0.39, 0.29) is 10.2 Å². The van der Waals surface area contributed by atoms with E-state index in [1.807, 2.05) is 0 Å². The normalized spacial score (nSPS) is 15.0. The zero-order chi connectivity index (χ0) is 27.6. The summed E-state index contributed by atoms with van der Waals surface area (Å²) >= 11 is 0. The lowest BCUT2D eigenvalue weighted by Gasteiger charge is -2.40. The van der Waals surface area contributed by atoms with Crippen LogP contribution in [-0.4, -0.2) is 50.6 Å². The van der Waals surface area contributed by atoms with Crippen molar-refractivity contribution >= 4 is 0 Å². The largest absolute Gasteiger partial charge is 0.460 e. The van der Waals surface area contributed by atoms with Gasteiger partial charge >= 0.3 is 41.7 Å². The van der Waals surface area contributed by atoms with E-state index >= 15 is 0 Å². The molecule has 2 heterocycles. The van der Waals surface area contributed by atoms with Crippen LogP contribution in [0.15, 0.2) is 24.5 Å². The van der Waals surface area contributed by atoms with Crippen molar-refractivity contribution in [3.63, 3.8) is 0 Å². The van der Waals surface area contributed by atoms with Gasteiger partial charge in [-0.2, -0.15) is 65.9 Å². The predicted molar refractivity (Wildman–Crippen MR) is 82.3 cm³/mol. The smallest absolute Gasteiger partial charge is 0.248 e. The molecule has 0 aromatic carbocycles. The molecular formula is C16H10F15N4+.